The Hall–Kier alpha value is -3.36. The van der Waals surface area contributed by atoms with Gasteiger partial charge in [0.05, 0.1) is 32.2 Å². The molecule has 2 aliphatic heterocycles. The monoisotopic (exact) mass is 710 g/mol. The first kappa shape index (κ1) is 36.5. The molecule has 2 aromatic rings. The van der Waals surface area contributed by atoms with Crippen molar-refractivity contribution in [2.24, 2.45) is 0 Å². The van der Waals surface area contributed by atoms with Gasteiger partial charge >= 0.3 is 19.9 Å². The van der Waals surface area contributed by atoms with Crippen molar-refractivity contribution in [3.63, 3.8) is 0 Å². The Bertz CT molecular complexity index is 1420. The van der Waals surface area contributed by atoms with Gasteiger partial charge in [0, 0.05) is 20.2 Å². The van der Waals surface area contributed by atoms with Gasteiger partial charge in [-0.2, -0.15) is 9.97 Å². The number of fused-ring (bicyclic) bond motifs is 1. The summed E-state index contributed by atoms with van der Waals surface area (Å²) in [6.07, 6.45) is -6.32. The Morgan fingerprint density at radius 1 is 1.09 bits per heavy atom. The molecule has 2 fully saturated rings. The van der Waals surface area contributed by atoms with Gasteiger partial charge in [0.2, 0.25) is 24.8 Å². The third-order valence-corrected chi connectivity index (χ3v) is 8.69. The molecule has 22 heteroatoms. The van der Waals surface area contributed by atoms with E-state index in [1.807, 2.05) is 0 Å². The third-order valence-electron chi connectivity index (χ3n) is 6.86. The highest BCUT2D eigenvalue weighted by atomic mass is 35.5. The topological polar surface area (TPSA) is 241 Å². The fourth-order valence-electron chi connectivity index (χ4n) is 4.54. The number of imidazole rings is 1. The number of likely N-dealkylation sites (N-methyl/N-ethyl adjacent to an activating group) is 1. The molecular formula is C25H36ClN6O14P. The van der Waals surface area contributed by atoms with E-state index in [0.717, 1.165) is 11.3 Å². The van der Waals surface area contributed by atoms with Gasteiger partial charge in [-0.25, -0.2) is 14.6 Å². The first-order chi connectivity index (χ1) is 22.4. The molecule has 4 heterocycles. The van der Waals surface area contributed by atoms with Crippen molar-refractivity contribution in [1.82, 2.24) is 24.4 Å². The Morgan fingerprint density at radius 3 is 2.34 bits per heavy atom. The quantitative estimate of drug-likeness (QED) is 0.102. The number of hydrogen-bond acceptors (Lipinski definition) is 18. The lowest BCUT2D eigenvalue weighted by Gasteiger charge is -2.25. The maximum absolute atomic E-state index is 13.3. The average Bonchev–Trinajstić information content (AvgIpc) is 3.74. The summed E-state index contributed by atoms with van der Waals surface area (Å²) in [6, 6.07) is -0.0109. The van der Waals surface area contributed by atoms with Crippen molar-refractivity contribution in [1.29, 1.82) is 0 Å². The molecule has 0 spiro atoms. The highest BCUT2D eigenvalue weighted by Gasteiger charge is 2.45. The summed E-state index contributed by atoms with van der Waals surface area (Å²) >= 11 is 6.18. The van der Waals surface area contributed by atoms with Gasteiger partial charge in [0.1, 0.15) is 24.5 Å². The first-order valence-corrected chi connectivity index (χ1v) is 16.5. The number of rotatable bonds is 15. The lowest BCUT2D eigenvalue weighted by molar-refractivity contribution is -0.130. The molecule has 1 amide bonds. The Labute approximate surface area is 273 Å². The third kappa shape index (κ3) is 9.60. The van der Waals surface area contributed by atoms with Crippen LogP contribution in [-0.4, -0.2) is 137 Å². The zero-order valence-electron chi connectivity index (χ0n) is 25.7. The number of aliphatic hydroxyl groups is 2. The molecule has 47 heavy (non-hydrogen) atoms. The first-order valence-electron chi connectivity index (χ1n) is 14.4. The Balaban J connectivity index is 1.41. The predicted octanol–water partition coefficient (Wildman–Crippen LogP) is 1.25. The van der Waals surface area contributed by atoms with E-state index in [9.17, 15) is 29.2 Å². The maximum Gasteiger partial charge on any atom is 0.510 e. The lowest BCUT2D eigenvalue weighted by Crippen LogP contribution is -2.41. The van der Waals surface area contributed by atoms with Crippen molar-refractivity contribution in [2.75, 3.05) is 65.1 Å². The maximum atomic E-state index is 13.3. The summed E-state index contributed by atoms with van der Waals surface area (Å²) in [5.41, 5.74) is 0.565. The second kappa shape index (κ2) is 16.6. The number of carbonyl (C=O) groups excluding carboxylic acids is 3. The number of nitrogens with zero attached hydrogens (tertiary/aromatic N) is 5. The second-order valence-corrected chi connectivity index (χ2v) is 12.5. The van der Waals surface area contributed by atoms with Gasteiger partial charge < -0.3 is 48.9 Å². The molecule has 0 saturated carbocycles. The van der Waals surface area contributed by atoms with Crippen LogP contribution >= 0.6 is 19.2 Å². The fraction of sp³-hybridized carbons (Fsp3) is 0.680. The van der Waals surface area contributed by atoms with E-state index >= 15 is 0 Å². The highest BCUT2D eigenvalue weighted by molar-refractivity contribution is 7.54. The molecule has 0 unspecified atom stereocenters. The molecule has 4 rings (SSSR count). The summed E-state index contributed by atoms with van der Waals surface area (Å²) in [4.78, 5) is 49.9. The van der Waals surface area contributed by atoms with Crippen LogP contribution in [0.3, 0.4) is 0 Å². The normalized spacial score (nSPS) is 22.6. The van der Waals surface area contributed by atoms with Gasteiger partial charge in [-0.1, -0.05) is 0 Å². The van der Waals surface area contributed by atoms with Gasteiger partial charge in [0.25, 0.3) is 0 Å². The van der Waals surface area contributed by atoms with Crippen molar-refractivity contribution in [3.8, 4) is 0 Å². The molecule has 262 valence electrons. The van der Waals surface area contributed by atoms with E-state index in [0.29, 0.717) is 24.5 Å². The van der Waals surface area contributed by atoms with E-state index in [1.54, 1.807) is 0 Å². The van der Waals surface area contributed by atoms with Gasteiger partial charge in [-0.3, -0.25) is 23.0 Å². The van der Waals surface area contributed by atoms with E-state index in [4.69, 9.17) is 30.1 Å². The van der Waals surface area contributed by atoms with E-state index in [1.165, 1.54) is 31.8 Å². The summed E-state index contributed by atoms with van der Waals surface area (Å²) in [6.45, 7) is 2.03. The molecule has 2 aliphatic rings. The van der Waals surface area contributed by atoms with E-state index < -0.39 is 70.1 Å². The van der Waals surface area contributed by atoms with Crippen LogP contribution in [0, 0.1) is 0 Å². The minimum absolute atomic E-state index is 0.00132. The molecule has 0 aliphatic carbocycles. The summed E-state index contributed by atoms with van der Waals surface area (Å²) in [5.74, 6) is -0.466. The zero-order chi connectivity index (χ0) is 34.1. The number of ether oxygens (including phenoxy) is 6. The fourth-order valence-corrected chi connectivity index (χ4v) is 5.96. The SMILES string of the molecule is CCOC(=O)OCOP(=O)(CC(=O)N(C)C[C@H]1O[C@@H](n2cnc3c(N[C@H]4CCOC4)nc(Cl)nc32)[C@H](O)[C@@H]1O)OCOC(=O)OCC. The molecular weight excluding hydrogens is 675 g/mol. The molecule has 3 N–H and O–H groups in total. The van der Waals surface area contributed by atoms with E-state index in [2.05, 4.69) is 39.2 Å². The minimum atomic E-state index is -4.41. The molecule has 5 atom stereocenters. The van der Waals surface area contributed by atoms with Crippen LogP contribution in [-0.2, 0) is 46.8 Å². The van der Waals surface area contributed by atoms with Crippen LogP contribution < -0.4 is 5.32 Å². The van der Waals surface area contributed by atoms with Crippen molar-refractivity contribution in [2.45, 2.75) is 50.8 Å². The zero-order valence-corrected chi connectivity index (χ0v) is 27.3. The molecule has 0 radical (unpaired) electrons. The van der Waals surface area contributed by atoms with Crippen LogP contribution in [0.1, 0.15) is 26.5 Å². The van der Waals surface area contributed by atoms with Gasteiger partial charge in [-0.15, -0.1) is 0 Å². The molecule has 0 bridgehead atoms. The minimum Gasteiger partial charge on any atom is -0.435 e. The predicted molar refractivity (Wildman–Crippen MR) is 157 cm³/mol. The summed E-state index contributed by atoms with van der Waals surface area (Å²) in [5, 5.41) is 24.9. The molecule has 2 saturated heterocycles. The number of halogens is 1. The van der Waals surface area contributed by atoms with Crippen LogP contribution in [0.5, 0.6) is 0 Å². The summed E-state index contributed by atoms with van der Waals surface area (Å²) < 4.78 is 54.6. The smallest absolute Gasteiger partial charge is 0.435 e. The standard InChI is InChI=1S/C25H36ClN6O14P/c1-4-40-24(36)42-12-44-47(38,45-13-43-25(37)41-5-2)10-16(33)31(3)8-15-18(34)19(35)22(46-15)32-11-27-17-20(28-14-6-7-39-9-14)29-23(26)30-21(17)32/h11,14-15,18-19,22,34-35H,4-10,12-13H2,1-3H3,(H,28,29,30)/t14-,15+,18+,19+,22+/m0/s1. The number of nitrogens with one attached hydrogen (secondary N) is 1. The van der Waals surface area contributed by atoms with Crippen LogP contribution in [0.25, 0.3) is 11.2 Å². The number of amides is 1. The van der Waals surface area contributed by atoms with E-state index in [-0.39, 0.29) is 36.7 Å². The van der Waals surface area contributed by atoms with Gasteiger partial charge in [-0.05, 0) is 31.9 Å². The lowest BCUT2D eigenvalue weighted by atomic mass is 10.1. The number of anilines is 1. The highest BCUT2D eigenvalue weighted by Crippen LogP contribution is 2.48. The van der Waals surface area contributed by atoms with Crippen LogP contribution in [0.15, 0.2) is 6.33 Å². The van der Waals surface area contributed by atoms with Crippen LogP contribution in [0.2, 0.25) is 5.28 Å². The molecule has 2 aromatic heterocycles. The molecule has 20 nitrogen and oxygen atoms in total. The van der Waals surface area contributed by atoms with Crippen molar-refractivity contribution >= 4 is 54.4 Å². The summed E-state index contributed by atoms with van der Waals surface area (Å²) in [7, 11) is -3.10. The molecule has 0 aromatic carbocycles. The number of hydrogen-bond donors (Lipinski definition) is 3. The second-order valence-electron chi connectivity index (χ2n) is 10.1. The Morgan fingerprint density at radius 2 is 1.74 bits per heavy atom. The average molecular weight is 711 g/mol. The largest absolute Gasteiger partial charge is 0.510 e. The van der Waals surface area contributed by atoms with Crippen molar-refractivity contribution in [3.05, 3.63) is 11.6 Å². The van der Waals surface area contributed by atoms with Crippen molar-refractivity contribution < 1.29 is 66.6 Å². The number of aliphatic hydroxyl groups excluding tert-OH is 2. The Kier molecular flexibility index (Phi) is 12.9. The van der Waals surface area contributed by atoms with Crippen LogP contribution in [0.4, 0.5) is 15.4 Å². The number of aromatic nitrogens is 4. The van der Waals surface area contributed by atoms with Gasteiger partial charge in [0.15, 0.2) is 23.2 Å². The number of carbonyl (C=O) groups is 3.